The number of anilines is 1. The van der Waals surface area contributed by atoms with Crippen LogP contribution in [-0.4, -0.2) is 43.0 Å². The fraction of sp³-hybridized carbons (Fsp3) is 0.286. The molecule has 7 heteroatoms. The Labute approximate surface area is 172 Å². The van der Waals surface area contributed by atoms with Gasteiger partial charge in [0, 0.05) is 30.7 Å². The molecule has 0 spiro atoms. The molecule has 4 rings (SSSR count). The highest BCUT2D eigenvalue weighted by Crippen LogP contribution is 2.37. The number of aromatic nitrogens is 2. The maximum atomic E-state index is 5.38. The maximum Gasteiger partial charge on any atom is 0.197 e. The van der Waals surface area contributed by atoms with Crippen LogP contribution in [0, 0.1) is 0 Å². The van der Waals surface area contributed by atoms with Crippen LogP contribution < -0.4 is 10.1 Å². The first-order valence-corrected chi connectivity index (χ1v) is 11.2. The standard InChI is InChI=1S/C21H23N3O2S2/c1-25-12-4-11-22-20-19(14-5-8-16(27-3)9-6-14)23-21-24(20)17-10-7-15(26-2)13-18(17)28-21/h5-10,13,22H,4,11-12H2,1-3H3. The van der Waals surface area contributed by atoms with Gasteiger partial charge >= 0.3 is 0 Å². The zero-order chi connectivity index (χ0) is 19.5. The highest BCUT2D eigenvalue weighted by atomic mass is 32.2. The number of thiazole rings is 1. The predicted octanol–water partition coefficient (Wildman–Crippen LogP) is 5.39. The minimum atomic E-state index is 0.730. The molecule has 0 radical (unpaired) electrons. The average Bonchev–Trinajstić information content (AvgIpc) is 3.26. The van der Waals surface area contributed by atoms with Gasteiger partial charge in [-0.15, -0.1) is 11.8 Å². The largest absolute Gasteiger partial charge is 0.497 e. The Kier molecular flexibility index (Phi) is 5.75. The van der Waals surface area contributed by atoms with Gasteiger partial charge in [-0.25, -0.2) is 4.98 Å². The van der Waals surface area contributed by atoms with Crippen LogP contribution in [0.15, 0.2) is 47.4 Å². The second kappa shape index (κ2) is 8.43. The molecule has 0 atom stereocenters. The number of thioether (sulfide) groups is 1. The fourth-order valence-electron chi connectivity index (χ4n) is 3.21. The zero-order valence-corrected chi connectivity index (χ0v) is 17.8. The Morgan fingerprint density at radius 1 is 1.14 bits per heavy atom. The molecule has 0 aliphatic rings. The lowest BCUT2D eigenvalue weighted by Crippen LogP contribution is -2.07. The molecular weight excluding hydrogens is 390 g/mol. The first-order chi connectivity index (χ1) is 13.7. The molecule has 0 fully saturated rings. The Bertz CT molecular complexity index is 1090. The Balaban J connectivity index is 1.82. The lowest BCUT2D eigenvalue weighted by Gasteiger charge is -2.09. The summed E-state index contributed by atoms with van der Waals surface area (Å²) >= 11 is 3.42. The number of ether oxygens (including phenoxy) is 2. The third-order valence-electron chi connectivity index (χ3n) is 4.64. The van der Waals surface area contributed by atoms with E-state index in [1.807, 2.05) is 6.07 Å². The van der Waals surface area contributed by atoms with Crippen LogP contribution >= 0.6 is 23.1 Å². The summed E-state index contributed by atoms with van der Waals surface area (Å²) in [6, 6.07) is 14.7. The summed E-state index contributed by atoms with van der Waals surface area (Å²) in [5.41, 5.74) is 3.23. The van der Waals surface area contributed by atoms with E-state index >= 15 is 0 Å². The number of rotatable bonds is 8. The second-order valence-electron chi connectivity index (χ2n) is 6.36. The molecule has 2 aromatic carbocycles. The molecule has 0 bridgehead atoms. The Morgan fingerprint density at radius 2 is 1.96 bits per heavy atom. The van der Waals surface area contributed by atoms with Gasteiger partial charge in [-0.2, -0.15) is 0 Å². The Morgan fingerprint density at radius 3 is 2.68 bits per heavy atom. The molecule has 0 saturated heterocycles. The summed E-state index contributed by atoms with van der Waals surface area (Å²) < 4.78 is 13.9. The minimum absolute atomic E-state index is 0.730. The van der Waals surface area contributed by atoms with Gasteiger partial charge in [0.15, 0.2) is 4.96 Å². The number of nitrogens with zero attached hydrogens (tertiary/aromatic N) is 2. The minimum Gasteiger partial charge on any atom is -0.497 e. The first-order valence-electron chi connectivity index (χ1n) is 9.11. The number of hydrogen-bond acceptors (Lipinski definition) is 6. The smallest absolute Gasteiger partial charge is 0.197 e. The monoisotopic (exact) mass is 413 g/mol. The van der Waals surface area contributed by atoms with E-state index in [1.54, 1.807) is 37.3 Å². The van der Waals surface area contributed by atoms with Gasteiger partial charge < -0.3 is 14.8 Å². The molecule has 146 valence electrons. The van der Waals surface area contributed by atoms with Crippen molar-refractivity contribution < 1.29 is 9.47 Å². The first kappa shape index (κ1) is 19.1. The van der Waals surface area contributed by atoms with Crippen LogP contribution in [0.1, 0.15) is 6.42 Å². The van der Waals surface area contributed by atoms with Crippen LogP contribution in [0.3, 0.4) is 0 Å². The highest BCUT2D eigenvalue weighted by molar-refractivity contribution is 7.98. The normalized spacial score (nSPS) is 11.4. The molecule has 4 aromatic rings. The van der Waals surface area contributed by atoms with Crippen molar-refractivity contribution in [2.45, 2.75) is 11.3 Å². The van der Waals surface area contributed by atoms with E-state index in [2.05, 4.69) is 52.4 Å². The van der Waals surface area contributed by atoms with Gasteiger partial charge in [0.1, 0.15) is 17.3 Å². The van der Waals surface area contributed by atoms with E-state index in [4.69, 9.17) is 14.5 Å². The number of hydrogen-bond donors (Lipinski definition) is 1. The van der Waals surface area contributed by atoms with Crippen molar-refractivity contribution in [1.29, 1.82) is 0 Å². The van der Waals surface area contributed by atoms with Gasteiger partial charge in [-0.05, 0) is 43.0 Å². The molecule has 1 N–H and O–H groups in total. The summed E-state index contributed by atoms with van der Waals surface area (Å²) in [7, 11) is 3.43. The molecule has 2 heterocycles. The number of imidazole rings is 1. The summed E-state index contributed by atoms with van der Waals surface area (Å²) in [6.07, 6.45) is 3.02. The summed E-state index contributed by atoms with van der Waals surface area (Å²) in [4.78, 5) is 7.19. The van der Waals surface area contributed by atoms with E-state index in [9.17, 15) is 0 Å². The third kappa shape index (κ3) is 3.57. The zero-order valence-electron chi connectivity index (χ0n) is 16.2. The van der Waals surface area contributed by atoms with Gasteiger partial charge in [0.25, 0.3) is 0 Å². The molecular formula is C21H23N3O2S2. The maximum absolute atomic E-state index is 5.38. The fourth-order valence-corrected chi connectivity index (χ4v) is 4.68. The van der Waals surface area contributed by atoms with Crippen molar-refractivity contribution in [2.24, 2.45) is 0 Å². The van der Waals surface area contributed by atoms with Crippen molar-refractivity contribution in [3.8, 4) is 17.0 Å². The lowest BCUT2D eigenvalue weighted by molar-refractivity contribution is 0.198. The molecule has 0 saturated carbocycles. The van der Waals surface area contributed by atoms with Crippen molar-refractivity contribution >= 4 is 44.1 Å². The molecule has 5 nitrogen and oxygen atoms in total. The molecule has 28 heavy (non-hydrogen) atoms. The van der Waals surface area contributed by atoms with E-state index in [-0.39, 0.29) is 0 Å². The van der Waals surface area contributed by atoms with E-state index < -0.39 is 0 Å². The van der Waals surface area contributed by atoms with Gasteiger partial charge in [0.05, 0.1) is 17.3 Å². The quantitative estimate of drug-likeness (QED) is 0.310. The predicted molar refractivity (Wildman–Crippen MR) is 119 cm³/mol. The number of nitrogens with one attached hydrogen (secondary N) is 1. The van der Waals surface area contributed by atoms with Crippen LogP contribution in [0.4, 0.5) is 5.82 Å². The van der Waals surface area contributed by atoms with E-state index in [1.165, 1.54) is 4.90 Å². The molecule has 0 unspecified atom stereocenters. The van der Waals surface area contributed by atoms with Crippen LogP contribution in [0.25, 0.3) is 26.4 Å². The van der Waals surface area contributed by atoms with Gasteiger partial charge in [0.2, 0.25) is 0 Å². The summed E-state index contributed by atoms with van der Waals surface area (Å²) in [5.74, 6) is 1.89. The molecule has 0 aliphatic carbocycles. The average molecular weight is 414 g/mol. The van der Waals surface area contributed by atoms with Crippen molar-refractivity contribution in [3.05, 3.63) is 42.5 Å². The number of fused-ring (bicyclic) bond motifs is 3. The molecule has 0 aliphatic heterocycles. The number of methoxy groups -OCH3 is 2. The van der Waals surface area contributed by atoms with Crippen molar-refractivity contribution in [2.75, 3.05) is 38.9 Å². The Hall–Kier alpha value is -2.22. The highest BCUT2D eigenvalue weighted by Gasteiger charge is 2.18. The van der Waals surface area contributed by atoms with Crippen LogP contribution in [0.2, 0.25) is 0 Å². The van der Waals surface area contributed by atoms with E-state index in [0.717, 1.165) is 57.6 Å². The topological polar surface area (TPSA) is 47.8 Å². The van der Waals surface area contributed by atoms with Crippen LogP contribution in [0.5, 0.6) is 5.75 Å². The van der Waals surface area contributed by atoms with E-state index in [0.29, 0.717) is 0 Å². The van der Waals surface area contributed by atoms with Crippen molar-refractivity contribution in [1.82, 2.24) is 9.38 Å². The van der Waals surface area contributed by atoms with Crippen LogP contribution in [-0.2, 0) is 4.74 Å². The van der Waals surface area contributed by atoms with Crippen molar-refractivity contribution in [3.63, 3.8) is 0 Å². The molecule has 2 aromatic heterocycles. The third-order valence-corrected chi connectivity index (χ3v) is 6.38. The number of benzene rings is 2. The summed E-state index contributed by atoms with van der Waals surface area (Å²) in [6.45, 7) is 1.55. The second-order valence-corrected chi connectivity index (χ2v) is 8.25. The van der Waals surface area contributed by atoms with Gasteiger partial charge in [-0.1, -0.05) is 23.5 Å². The SMILES string of the molecule is COCCCNc1c(-c2ccc(SC)cc2)nc2sc3cc(OC)ccc3n12. The lowest BCUT2D eigenvalue weighted by atomic mass is 10.1. The molecule has 0 amide bonds. The summed E-state index contributed by atoms with van der Waals surface area (Å²) in [5, 5.41) is 3.60. The van der Waals surface area contributed by atoms with Gasteiger partial charge in [-0.3, -0.25) is 4.40 Å².